The molecule has 0 aliphatic carbocycles. The largest absolute Gasteiger partial charge is 0.272 e. The van der Waals surface area contributed by atoms with E-state index in [0.29, 0.717) is 5.56 Å². The minimum absolute atomic E-state index is 0.255. The van der Waals surface area contributed by atoms with Crippen molar-refractivity contribution in [2.24, 2.45) is 5.10 Å². The fourth-order valence-electron chi connectivity index (χ4n) is 1.66. The maximum atomic E-state index is 11.8. The van der Waals surface area contributed by atoms with E-state index >= 15 is 0 Å². The first-order valence-corrected chi connectivity index (χ1v) is 6.13. The Balaban J connectivity index is 2.11. The Labute approximate surface area is 112 Å². The van der Waals surface area contributed by atoms with Crippen molar-refractivity contribution >= 4 is 11.6 Å². The average molecular weight is 253 g/mol. The molecule has 0 spiro atoms. The van der Waals surface area contributed by atoms with E-state index in [1.54, 1.807) is 18.3 Å². The summed E-state index contributed by atoms with van der Waals surface area (Å²) in [7, 11) is 0. The van der Waals surface area contributed by atoms with Crippen molar-refractivity contribution in [2.45, 2.75) is 13.3 Å². The minimum Gasteiger partial charge on any atom is -0.267 e. The molecule has 2 rings (SSSR count). The molecule has 0 saturated heterocycles. The second-order valence-corrected chi connectivity index (χ2v) is 3.96. The summed E-state index contributed by atoms with van der Waals surface area (Å²) >= 11 is 0. The van der Waals surface area contributed by atoms with Gasteiger partial charge in [-0.05, 0) is 24.1 Å². The van der Waals surface area contributed by atoms with Gasteiger partial charge in [0, 0.05) is 12.4 Å². The highest BCUT2D eigenvalue weighted by atomic mass is 16.2. The molecular formula is C15H15N3O. The maximum absolute atomic E-state index is 11.8. The fraction of sp³-hybridized carbons (Fsp3) is 0.133. The number of carbonyl (C=O) groups is 1. The van der Waals surface area contributed by atoms with Crippen LogP contribution in [0.1, 0.15) is 29.3 Å². The van der Waals surface area contributed by atoms with E-state index in [2.05, 4.69) is 15.5 Å². The molecule has 19 heavy (non-hydrogen) atoms. The number of amides is 1. The van der Waals surface area contributed by atoms with Gasteiger partial charge in [0.2, 0.25) is 0 Å². The van der Waals surface area contributed by atoms with Gasteiger partial charge in [0.05, 0.1) is 11.3 Å². The van der Waals surface area contributed by atoms with Crippen LogP contribution >= 0.6 is 0 Å². The highest BCUT2D eigenvalue weighted by molar-refractivity contribution is 6.02. The lowest BCUT2D eigenvalue weighted by molar-refractivity contribution is 0.0954. The molecule has 0 atom stereocenters. The molecule has 0 fully saturated rings. The molecule has 2 aromatic rings. The smallest absolute Gasteiger partial charge is 0.267 e. The standard InChI is InChI=1S/C15H15N3O/c1-2-14(12-7-4-3-5-8-12)17-18-15(19)13-9-6-10-16-11-13/h3-11H,2H2,1H3,(H,18,19). The molecule has 0 saturated carbocycles. The molecule has 1 aromatic carbocycles. The van der Waals surface area contributed by atoms with E-state index in [4.69, 9.17) is 0 Å². The fourth-order valence-corrected chi connectivity index (χ4v) is 1.66. The van der Waals surface area contributed by atoms with Gasteiger partial charge in [-0.25, -0.2) is 5.43 Å². The third-order valence-electron chi connectivity index (χ3n) is 2.66. The van der Waals surface area contributed by atoms with Gasteiger partial charge in [-0.15, -0.1) is 0 Å². The molecular weight excluding hydrogens is 238 g/mol. The number of hydrogen-bond acceptors (Lipinski definition) is 3. The molecule has 4 heteroatoms. The van der Waals surface area contributed by atoms with Crippen molar-refractivity contribution in [2.75, 3.05) is 0 Å². The van der Waals surface area contributed by atoms with Crippen LogP contribution in [0.25, 0.3) is 0 Å². The maximum Gasteiger partial charge on any atom is 0.272 e. The van der Waals surface area contributed by atoms with E-state index in [0.717, 1.165) is 17.7 Å². The van der Waals surface area contributed by atoms with Crippen molar-refractivity contribution in [1.82, 2.24) is 10.4 Å². The number of benzene rings is 1. The van der Waals surface area contributed by atoms with Crippen LogP contribution in [-0.4, -0.2) is 16.6 Å². The highest BCUT2D eigenvalue weighted by Crippen LogP contribution is 2.04. The Bertz CT molecular complexity index is 564. The van der Waals surface area contributed by atoms with Crippen LogP contribution in [0.2, 0.25) is 0 Å². The van der Waals surface area contributed by atoms with Gasteiger partial charge in [-0.2, -0.15) is 5.10 Å². The number of nitrogens with one attached hydrogen (secondary N) is 1. The van der Waals surface area contributed by atoms with Crippen molar-refractivity contribution in [3.8, 4) is 0 Å². The summed E-state index contributed by atoms with van der Waals surface area (Å²) in [6.45, 7) is 2.00. The van der Waals surface area contributed by atoms with Crippen LogP contribution in [0.4, 0.5) is 0 Å². The zero-order valence-electron chi connectivity index (χ0n) is 10.7. The predicted molar refractivity (Wildman–Crippen MR) is 75.0 cm³/mol. The van der Waals surface area contributed by atoms with Crippen LogP contribution in [0.5, 0.6) is 0 Å². The van der Waals surface area contributed by atoms with Gasteiger partial charge in [0.1, 0.15) is 0 Å². The Morgan fingerprint density at radius 3 is 2.53 bits per heavy atom. The Hall–Kier alpha value is -2.49. The van der Waals surface area contributed by atoms with Crippen molar-refractivity contribution < 1.29 is 4.79 Å². The zero-order chi connectivity index (χ0) is 13.5. The minimum atomic E-state index is -0.255. The number of hydrogen-bond donors (Lipinski definition) is 1. The third-order valence-corrected chi connectivity index (χ3v) is 2.66. The van der Waals surface area contributed by atoms with Crippen molar-refractivity contribution in [3.63, 3.8) is 0 Å². The monoisotopic (exact) mass is 253 g/mol. The molecule has 4 nitrogen and oxygen atoms in total. The van der Waals surface area contributed by atoms with Crippen LogP contribution in [-0.2, 0) is 0 Å². The molecule has 0 aliphatic rings. The van der Waals surface area contributed by atoms with Crippen LogP contribution in [0.3, 0.4) is 0 Å². The van der Waals surface area contributed by atoms with E-state index in [1.807, 2.05) is 37.3 Å². The summed E-state index contributed by atoms with van der Waals surface area (Å²) in [4.78, 5) is 15.7. The Kier molecular flexibility index (Phi) is 4.39. The van der Waals surface area contributed by atoms with Gasteiger partial charge >= 0.3 is 0 Å². The quantitative estimate of drug-likeness (QED) is 0.672. The number of hydrazone groups is 1. The molecule has 1 amide bonds. The van der Waals surface area contributed by atoms with Crippen LogP contribution in [0, 0.1) is 0 Å². The van der Waals surface area contributed by atoms with Crippen molar-refractivity contribution in [3.05, 3.63) is 66.0 Å². The number of pyridine rings is 1. The van der Waals surface area contributed by atoms with Crippen LogP contribution < -0.4 is 5.43 Å². The second-order valence-electron chi connectivity index (χ2n) is 3.96. The topological polar surface area (TPSA) is 54.4 Å². The zero-order valence-corrected chi connectivity index (χ0v) is 10.7. The predicted octanol–water partition coefficient (Wildman–Crippen LogP) is 2.63. The SMILES string of the molecule is CCC(=NNC(=O)c1cccnc1)c1ccccc1. The molecule has 0 radical (unpaired) electrons. The summed E-state index contributed by atoms with van der Waals surface area (Å²) in [6.07, 6.45) is 3.89. The summed E-state index contributed by atoms with van der Waals surface area (Å²) in [5.74, 6) is -0.255. The molecule has 0 aliphatic heterocycles. The molecule has 1 heterocycles. The van der Waals surface area contributed by atoms with Crippen molar-refractivity contribution in [1.29, 1.82) is 0 Å². The summed E-state index contributed by atoms with van der Waals surface area (Å²) in [5, 5.41) is 4.18. The molecule has 1 N–H and O–H groups in total. The third kappa shape index (κ3) is 3.48. The van der Waals surface area contributed by atoms with E-state index in [1.165, 1.54) is 6.20 Å². The lowest BCUT2D eigenvalue weighted by atomic mass is 10.1. The first-order chi connectivity index (χ1) is 9.31. The first kappa shape index (κ1) is 13.0. The molecule has 1 aromatic heterocycles. The second kappa shape index (κ2) is 6.44. The molecule has 96 valence electrons. The summed E-state index contributed by atoms with van der Waals surface area (Å²) < 4.78 is 0. The lowest BCUT2D eigenvalue weighted by Gasteiger charge is -2.04. The molecule has 0 bridgehead atoms. The number of carbonyl (C=O) groups excluding carboxylic acids is 1. The Morgan fingerprint density at radius 1 is 1.16 bits per heavy atom. The average Bonchev–Trinajstić information content (AvgIpc) is 2.49. The van der Waals surface area contributed by atoms with Gasteiger partial charge < -0.3 is 0 Å². The summed E-state index contributed by atoms with van der Waals surface area (Å²) in [5.41, 5.74) is 4.91. The van der Waals surface area contributed by atoms with E-state index < -0.39 is 0 Å². The first-order valence-electron chi connectivity index (χ1n) is 6.13. The molecule has 0 unspecified atom stereocenters. The summed E-state index contributed by atoms with van der Waals surface area (Å²) in [6, 6.07) is 13.2. The van der Waals surface area contributed by atoms with Crippen LogP contribution in [0.15, 0.2) is 60.0 Å². The van der Waals surface area contributed by atoms with E-state index in [9.17, 15) is 4.79 Å². The lowest BCUT2D eigenvalue weighted by Crippen LogP contribution is -2.20. The Morgan fingerprint density at radius 2 is 1.89 bits per heavy atom. The van der Waals surface area contributed by atoms with Gasteiger partial charge in [0.15, 0.2) is 0 Å². The number of aromatic nitrogens is 1. The number of nitrogens with zero attached hydrogens (tertiary/aromatic N) is 2. The number of rotatable bonds is 4. The highest BCUT2D eigenvalue weighted by Gasteiger charge is 2.05. The van der Waals surface area contributed by atoms with Gasteiger partial charge in [-0.1, -0.05) is 37.3 Å². The van der Waals surface area contributed by atoms with Gasteiger partial charge in [-0.3, -0.25) is 9.78 Å². The van der Waals surface area contributed by atoms with E-state index in [-0.39, 0.29) is 5.91 Å². The van der Waals surface area contributed by atoms with Gasteiger partial charge in [0.25, 0.3) is 5.91 Å². The normalized spacial score (nSPS) is 11.1.